The highest BCUT2D eigenvalue weighted by molar-refractivity contribution is 5.79. The number of rotatable bonds is 16. The smallest absolute Gasteiger partial charge is 0.537 e. The molecule has 0 aliphatic heterocycles. The van der Waals surface area contributed by atoms with Gasteiger partial charge in [-0.05, 0) is 60.6 Å². The van der Waals surface area contributed by atoms with Gasteiger partial charge in [-0.2, -0.15) is 9.55 Å². The van der Waals surface area contributed by atoms with Crippen LogP contribution in [0.5, 0.6) is 0 Å². The average molecular weight is 685 g/mol. The number of benzene rings is 5. The van der Waals surface area contributed by atoms with E-state index in [1.54, 1.807) is 11.9 Å². The quantitative estimate of drug-likeness (QED) is 0.0586. The summed E-state index contributed by atoms with van der Waals surface area (Å²) in [5, 5.41) is 17.5. The van der Waals surface area contributed by atoms with Gasteiger partial charge in [0.25, 0.3) is 0 Å². The molecule has 2 unspecified atom stereocenters. The number of nitrogens with zero attached hydrogens (tertiary/aromatic N) is 2. The summed E-state index contributed by atoms with van der Waals surface area (Å²) in [6.07, 6.45) is -1.02. The molecule has 1 aliphatic rings. The largest absolute Gasteiger partial charge is 0.601 e. The molecule has 7 heteroatoms. The molecule has 264 valence electrons. The van der Waals surface area contributed by atoms with E-state index in [4.69, 9.17) is 14.2 Å². The lowest BCUT2D eigenvalue weighted by molar-refractivity contribution is -0.956. The molecule has 1 aliphatic carbocycles. The van der Waals surface area contributed by atoms with E-state index < -0.39 is 23.2 Å². The van der Waals surface area contributed by atoms with Crippen molar-refractivity contribution >= 4 is 6.09 Å². The first-order chi connectivity index (χ1) is 25.0. The van der Waals surface area contributed by atoms with E-state index in [1.165, 1.54) is 0 Å². The van der Waals surface area contributed by atoms with Gasteiger partial charge in [0.2, 0.25) is 0 Å². The number of hydrogen-bond donors (Lipinski definition) is 0. The Bertz CT molecular complexity index is 1750. The number of ether oxygens (including phenoxy) is 3. The number of carbonyl (C=O) groups excluding carboxylic acids is 1. The molecule has 51 heavy (non-hydrogen) atoms. The Kier molecular flexibility index (Phi) is 12.1. The number of carbonyl (C=O) groups is 1. The van der Waals surface area contributed by atoms with Gasteiger partial charge in [0.1, 0.15) is 12.6 Å². The van der Waals surface area contributed by atoms with E-state index in [0.717, 1.165) is 38.9 Å². The van der Waals surface area contributed by atoms with Crippen molar-refractivity contribution in [1.82, 2.24) is 5.01 Å². The zero-order valence-electron chi connectivity index (χ0n) is 29.8. The van der Waals surface area contributed by atoms with Crippen molar-refractivity contribution in [3.05, 3.63) is 173 Å². The highest BCUT2D eigenvalue weighted by Gasteiger charge is 2.45. The molecule has 0 heterocycles. The summed E-state index contributed by atoms with van der Waals surface area (Å²) in [6.45, 7) is 6.78. The first-order valence-electron chi connectivity index (χ1n) is 18.0. The van der Waals surface area contributed by atoms with Gasteiger partial charge < -0.3 is 19.4 Å². The lowest BCUT2D eigenvalue weighted by atomic mass is 9.88. The maximum Gasteiger partial charge on any atom is 0.537 e. The second-order valence-corrected chi connectivity index (χ2v) is 12.9. The zero-order valence-corrected chi connectivity index (χ0v) is 29.8. The van der Waals surface area contributed by atoms with Crippen molar-refractivity contribution in [3.8, 4) is 11.1 Å². The van der Waals surface area contributed by atoms with E-state index in [1.807, 2.05) is 105 Å². The summed E-state index contributed by atoms with van der Waals surface area (Å²) >= 11 is 0. The minimum Gasteiger partial charge on any atom is -0.601 e. The minimum absolute atomic E-state index is 0.0180. The molecule has 0 fully saturated rings. The first-order valence-corrected chi connectivity index (χ1v) is 18.0. The fourth-order valence-corrected chi connectivity index (χ4v) is 7.37. The fourth-order valence-electron chi connectivity index (χ4n) is 7.37. The van der Waals surface area contributed by atoms with Crippen LogP contribution in [0, 0.1) is 5.21 Å². The Morgan fingerprint density at radius 3 is 1.63 bits per heavy atom. The number of amides is 1. The van der Waals surface area contributed by atoms with E-state index in [-0.39, 0.29) is 31.5 Å². The molecule has 0 radical (unpaired) electrons. The Morgan fingerprint density at radius 1 is 0.686 bits per heavy atom. The number of quaternary nitrogens is 1. The Hall–Kier alpha value is -4.63. The third-order valence-electron chi connectivity index (χ3n) is 9.97. The normalized spacial score (nSPS) is 14.3. The van der Waals surface area contributed by atoms with Gasteiger partial charge in [0.05, 0.1) is 6.54 Å². The van der Waals surface area contributed by atoms with Crippen LogP contribution in [0.2, 0.25) is 0 Å². The fraction of sp³-hybridized carbons (Fsp3) is 0.295. The van der Waals surface area contributed by atoms with Crippen LogP contribution in [-0.2, 0) is 14.2 Å². The molecule has 5 aromatic rings. The predicted molar refractivity (Wildman–Crippen MR) is 202 cm³/mol. The predicted octanol–water partition coefficient (Wildman–Crippen LogP) is 9.85. The van der Waals surface area contributed by atoms with Crippen molar-refractivity contribution in [2.24, 2.45) is 0 Å². The second-order valence-electron chi connectivity index (χ2n) is 12.9. The topological polar surface area (TPSA) is 71.1 Å². The van der Waals surface area contributed by atoms with Gasteiger partial charge >= 0.3 is 6.09 Å². The van der Waals surface area contributed by atoms with Crippen LogP contribution in [0.15, 0.2) is 140 Å². The first kappa shape index (κ1) is 36.2. The summed E-state index contributed by atoms with van der Waals surface area (Å²) in [5.41, 5.74) is 7.43. The van der Waals surface area contributed by atoms with Gasteiger partial charge in [-0.25, -0.2) is 0 Å². The summed E-state index contributed by atoms with van der Waals surface area (Å²) in [7, 11) is 0. The highest BCUT2D eigenvalue weighted by atomic mass is 16.7. The van der Waals surface area contributed by atoms with Crippen molar-refractivity contribution in [2.45, 2.75) is 51.4 Å². The highest BCUT2D eigenvalue weighted by Crippen LogP contribution is 2.45. The van der Waals surface area contributed by atoms with Gasteiger partial charge in [0.15, 0.2) is 6.29 Å². The Labute approximate surface area is 302 Å². The molecular formula is C44H48N2O5. The molecule has 5 aromatic carbocycles. The molecule has 1 amide bonds. The van der Waals surface area contributed by atoms with Crippen molar-refractivity contribution in [1.29, 1.82) is 0 Å². The van der Waals surface area contributed by atoms with Crippen molar-refractivity contribution < 1.29 is 23.8 Å². The molecule has 6 rings (SSSR count). The van der Waals surface area contributed by atoms with Gasteiger partial charge in [-0.15, -0.1) is 5.01 Å². The lowest BCUT2D eigenvalue weighted by Crippen LogP contribution is -2.63. The monoisotopic (exact) mass is 684 g/mol. The van der Waals surface area contributed by atoms with E-state index in [2.05, 4.69) is 48.5 Å². The van der Waals surface area contributed by atoms with Crippen LogP contribution < -0.4 is 0 Å². The molecule has 0 aromatic heterocycles. The minimum atomic E-state index is -1.35. The number of hydroxylamine groups is 2. The molecule has 0 saturated carbocycles. The summed E-state index contributed by atoms with van der Waals surface area (Å²) < 4.78 is 16.9. The SMILES string of the molecule is CCOC(CN(CCC(c1ccccc1)c1ccccc1)[N+]([O-])(C(=O)OCC1c2ccccc2-c2ccccc21)C(C)c1ccccc1)OCC. The Morgan fingerprint density at radius 2 is 1.14 bits per heavy atom. The maximum absolute atomic E-state index is 15.8. The number of hydrogen-bond acceptors (Lipinski definition) is 6. The number of fused-ring (bicyclic) bond motifs is 3. The molecule has 0 N–H and O–H groups in total. The van der Waals surface area contributed by atoms with Crippen molar-refractivity contribution in [2.75, 3.05) is 32.9 Å². The second kappa shape index (κ2) is 17.1. The summed E-state index contributed by atoms with van der Waals surface area (Å²) in [5.74, 6) is -0.203. The average Bonchev–Trinajstić information content (AvgIpc) is 3.50. The molecule has 2 atom stereocenters. The van der Waals surface area contributed by atoms with E-state index in [0.29, 0.717) is 19.6 Å². The molecule has 0 saturated heterocycles. The lowest BCUT2D eigenvalue weighted by Gasteiger charge is -2.50. The standard InChI is InChI=1S/C44H48N2O5/c1-4-49-43(50-5-2)31-45(30-29-37(35-21-11-7-12-22-35)36-23-13-8-14-24-36)46(48,33(3)34-19-9-6-10-20-34)44(47)51-32-42-40-27-17-15-25-38(40)39-26-16-18-28-41(39)42/h6-28,33,37,42-43H,4-5,29-32H2,1-3H3. The Balaban J connectivity index is 1.37. The van der Waals surface area contributed by atoms with Crippen LogP contribution in [0.4, 0.5) is 4.79 Å². The van der Waals surface area contributed by atoms with Crippen LogP contribution in [0.25, 0.3) is 11.1 Å². The molecule has 0 bridgehead atoms. The van der Waals surface area contributed by atoms with Crippen molar-refractivity contribution in [3.63, 3.8) is 0 Å². The molecular weight excluding hydrogens is 636 g/mol. The third-order valence-corrected chi connectivity index (χ3v) is 9.97. The van der Waals surface area contributed by atoms with Gasteiger partial charge in [-0.1, -0.05) is 140 Å². The molecule has 7 nitrogen and oxygen atoms in total. The van der Waals surface area contributed by atoms with Gasteiger partial charge in [-0.3, -0.25) is 0 Å². The maximum atomic E-state index is 15.8. The third kappa shape index (κ3) is 7.99. The zero-order chi connectivity index (χ0) is 35.6. The summed E-state index contributed by atoms with van der Waals surface area (Å²) in [6, 6.07) is 45.7. The van der Waals surface area contributed by atoms with E-state index >= 15 is 5.21 Å². The van der Waals surface area contributed by atoms with Crippen LogP contribution >= 0.6 is 0 Å². The van der Waals surface area contributed by atoms with Crippen LogP contribution in [0.1, 0.15) is 72.9 Å². The van der Waals surface area contributed by atoms with Crippen LogP contribution in [-0.4, -0.2) is 55.1 Å². The van der Waals surface area contributed by atoms with E-state index in [9.17, 15) is 4.79 Å². The molecule has 0 spiro atoms. The summed E-state index contributed by atoms with van der Waals surface area (Å²) in [4.78, 5) is 14.7. The van der Waals surface area contributed by atoms with Gasteiger partial charge in [0, 0.05) is 37.2 Å². The van der Waals surface area contributed by atoms with Crippen LogP contribution in [0.3, 0.4) is 0 Å².